The van der Waals surface area contributed by atoms with E-state index in [2.05, 4.69) is 0 Å². The van der Waals surface area contributed by atoms with Crippen LogP contribution in [0.3, 0.4) is 0 Å². The van der Waals surface area contributed by atoms with Gasteiger partial charge in [0.15, 0.2) is 17.1 Å². The van der Waals surface area contributed by atoms with Crippen LogP contribution in [0, 0.1) is 0 Å². The largest absolute Gasteiger partial charge is 0.504 e. The number of aromatic hydroxyl groups is 3. The van der Waals surface area contributed by atoms with Crippen LogP contribution >= 0.6 is 0 Å². The summed E-state index contributed by atoms with van der Waals surface area (Å²) in [5.41, 5.74) is -2.03. The lowest BCUT2D eigenvalue weighted by Gasteiger charge is -2.05. The molecule has 0 amide bonds. The molecule has 21 heavy (non-hydrogen) atoms. The van der Waals surface area contributed by atoms with Gasteiger partial charge in [-0.3, -0.25) is 4.79 Å². The van der Waals surface area contributed by atoms with Crippen LogP contribution < -0.4 is 11.1 Å². The number of fused-ring (bicyclic) bond motifs is 1. The fraction of sp³-hybridized carbons (Fsp3) is 0. The second-order valence-electron chi connectivity index (χ2n) is 4.26. The molecule has 0 aliphatic carbocycles. The molecule has 0 bridgehead atoms. The third-order valence-corrected chi connectivity index (χ3v) is 2.95. The Kier molecular flexibility index (Phi) is 2.69. The molecule has 0 aliphatic heterocycles. The molecule has 2 heterocycles. The second kappa shape index (κ2) is 4.41. The monoisotopic (exact) mass is 288 g/mol. The van der Waals surface area contributed by atoms with Crippen LogP contribution in [-0.2, 0) is 0 Å². The van der Waals surface area contributed by atoms with Crippen molar-refractivity contribution in [3.63, 3.8) is 0 Å². The molecule has 0 fully saturated rings. The first kappa shape index (κ1) is 12.8. The van der Waals surface area contributed by atoms with E-state index in [4.69, 9.17) is 8.83 Å². The summed E-state index contributed by atoms with van der Waals surface area (Å²) in [6.07, 6.45) is 1.04. The minimum atomic E-state index is -0.937. The molecule has 1 aromatic carbocycles. The maximum atomic E-state index is 11.9. The highest BCUT2D eigenvalue weighted by atomic mass is 16.4. The predicted octanol–water partition coefficient (Wildman–Crippen LogP) is 1.53. The molecule has 0 unspecified atom stereocenters. The lowest BCUT2D eigenvalue weighted by molar-refractivity contribution is 0.397. The van der Waals surface area contributed by atoms with E-state index in [-0.39, 0.29) is 22.3 Å². The van der Waals surface area contributed by atoms with Crippen molar-refractivity contribution in [1.29, 1.82) is 0 Å². The van der Waals surface area contributed by atoms with E-state index < -0.39 is 28.3 Å². The zero-order chi connectivity index (χ0) is 15.1. The summed E-state index contributed by atoms with van der Waals surface area (Å²) >= 11 is 0. The SMILES string of the molecule is O=c1ccoc(-c2cc3ccc(O)c(O)c3oc2=O)c1O. The Morgan fingerprint density at radius 3 is 2.48 bits per heavy atom. The van der Waals surface area contributed by atoms with Crippen molar-refractivity contribution in [2.75, 3.05) is 0 Å². The van der Waals surface area contributed by atoms with Gasteiger partial charge < -0.3 is 24.2 Å². The average molecular weight is 288 g/mol. The molecule has 3 N–H and O–H groups in total. The fourth-order valence-electron chi connectivity index (χ4n) is 1.92. The lowest BCUT2D eigenvalue weighted by Crippen LogP contribution is -2.06. The highest BCUT2D eigenvalue weighted by Crippen LogP contribution is 2.34. The number of hydrogen-bond acceptors (Lipinski definition) is 7. The lowest BCUT2D eigenvalue weighted by atomic mass is 10.1. The first-order chi connectivity index (χ1) is 9.99. The molecule has 3 rings (SSSR count). The summed E-state index contributed by atoms with van der Waals surface area (Å²) in [6, 6.07) is 4.89. The first-order valence-corrected chi connectivity index (χ1v) is 5.79. The van der Waals surface area contributed by atoms with Gasteiger partial charge in [-0.05, 0) is 18.2 Å². The normalized spacial score (nSPS) is 10.9. The molecule has 0 radical (unpaired) electrons. The van der Waals surface area contributed by atoms with Gasteiger partial charge in [-0.1, -0.05) is 0 Å². The summed E-state index contributed by atoms with van der Waals surface area (Å²) in [6.45, 7) is 0. The number of phenols is 2. The summed E-state index contributed by atoms with van der Waals surface area (Å²) < 4.78 is 9.90. The third-order valence-electron chi connectivity index (χ3n) is 2.95. The van der Waals surface area contributed by atoms with Gasteiger partial charge in [0, 0.05) is 11.5 Å². The van der Waals surface area contributed by atoms with Crippen molar-refractivity contribution in [3.05, 3.63) is 51.2 Å². The maximum absolute atomic E-state index is 11.9. The number of phenolic OH excluding ortho intramolecular Hbond substituents is 2. The Hall–Kier alpha value is -3.22. The van der Waals surface area contributed by atoms with Crippen molar-refractivity contribution in [2.24, 2.45) is 0 Å². The Balaban J connectivity index is 2.38. The van der Waals surface area contributed by atoms with E-state index in [1.54, 1.807) is 0 Å². The minimum Gasteiger partial charge on any atom is -0.504 e. The summed E-state index contributed by atoms with van der Waals surface area (Å²) in [7, 11) is 0. The quantitative estimate of drug-likeness (QED) is 0.458. The third kappa shape index (κ3) is 1.91. The van der Waals surface area contributed by atoms with E-state index in [1.165, 1.54) is 18.2 Å². The van der Waals surface area contributed by atoms with E-state index in [1.807, 2.05) is 0 Å². The van der Waals surface area contributed by atoms with Crippen molar-refractivity contribution < 1.29 is 24.2 Å². The first-order valence-electron chi connectivity index (χ1n) is 5.79. The molecule has 3 aromatic rings. The van der Waals surface area contributed by atoms with Gasteiger partial charge in [0.05, 0.1) is 6.26 Å². The Labute approximate surface area is 115 Å². The van der Waals surface area contributed by atoms with Crippen LogP contribution in [0.5, 0.6) is 17.2 Å². The highest BCUT2D eigenvalue weighted by Gasteiger charge is 2.18. The van der Waals surface area contributed by atoms with E-state index in [0.717, 1.165) is 12.3 Å². The number of rotatable bonds is 1. The van der Waals surface area contributed by atoms with Crippen molar-refractivity contribution in [1.82, 2.24) is 0 Å². The fourth-order valence-corrected chi connectivity index (χ4v) is 1.92. The zero-order valence-electron chi connectivity index (χ0n) is 10.4. The molecule has 0 saturated carbocycles. The zero-order valence-corrected chi connectivity index (χ0v) is 10.4. The van der Waals surface area contributed by atoms with E-state index in [9.17, 15) is 24.9 Å². The van der Waals surface area contributed by atoms with Gasteiger partial charge in [0.1, 0.15) is 5.56 Å². The standard InChI is InChI=1S/C14H8O7/c15-8-2-1-6-5-7(14(19)21-12(6)10(8)17)13-11(18)9(16)3-4-20-13/h1-5,15,17-18H. The van der Waals surface area contributed by atoms with E-state index in [0.29, 0.717) is 0 Å². The molecule has 0 atom stereocenters. The average Bonchev–Trinajstić information content (AvgIpc) is 2.46. The molecule has 2 aromatic heterocycles. The highest BCUT2D eigenvalue weighted by molar-refractivity contribution is 5.87. The topological polar surface area (TPSA) is 121 Å². The second-order valence-corrected chi connectivity index (χ2v) is 4.26. The molecule has 106 valence electrons. The Bertz CT molecular complexity index is 965. The Morgan fingerprint density at radius 2 is 1.71 bits per heavy atom. The Morgan fingerprint density at radius 1 is 0.952 bits per heavy atom. The van der Waals surface area contributed by atoms with Gasteiger partial charge in [0.25, 0.3) is 0 Å². The minimum absolute atomic E-state index is 0.178. The van der Waals surface area contributed by atoms with Crippen molar-refractivity contribution in [2.45, 2.75) is 0 Å². The molecule has 7 nitrogen and oxygen atoms in total. The van der Waals surface area contributed by atoms with Gasteiger partial charge in [-0.25, -0.2) is 4.79 Å². The van der Waals surface area contributed by atoms with Crippen LogP contribution in [-0.4, -0.2) is 15.3 Å². The molecular formula is C14H8O7. The van der Waals surface area contributed by atoms with Gasteiger partial charge in [-0.15, -0.1) is 0 Å². The van der Waals surface area contributed by atoms with Crippen LogP contribution in [0.15, 0.2) is 49.0 Å². The smallest absolute Gasteiger partial charge is 0.347 e. The molecule has 0 spiro atoms. The van der Waals surface area contributed by atoms with E-state index >= 15 is 0 Å². The van der Waals surface area contributed by atoms with Crippen LogP contribution in [0.2, 0.25) is 0 Å². The van der Waals surface area contributed by atoms with Gasteiger partial charge in [-0.2, -0.15) is 0 Å². The summed E-state index contributed by atoms with van der Waals surface area (Å²) in [5.74, 6) is -2.06. The number of benzene rings is 1. The maximum Gasteiger partial charge on any atom is 0.347 e. The van der Waals surface area contributed by atoms with Gasteiger partial charge >= 0.3 is 5.63 Å². The molecule has 7 heteroatoms. The van der Waals surface area contributed by atoms with Crippen molar-refractivity contribution in [3.8, 4) is 28.6 Å². The van der Waals surface area contributed by atoms with Crippen LogP contribution in [0.1, 0.15) is 0 Å². The van der Waals surface area contributed by atoms with Crippen LogP contribution in [0.4, 0.5) is 0 Å². The molecule has 0 aliphatic rings. The molecule has 0 saturated heterocycles. The molecular weight excluding hydrogens is 280 g/mol. The summed E-state index contributed by atoms with van der Waals surface area (Å²) in [4.78, 5) is 23.3. The summed E-state index contributed by atoms with van der Waals surface area (Å²) in [5, 5.41) is 29.0. The van der Waals surface area contributed by atoms with Gasteiger partial charge in [0.2, 0.25) is 16.9 Å². The van der Waals surface area contributed by atoms with Crippen LogP contribution in [0.25, 0.3) is 22.3 Å². The number of hydrogen-bond donors (Lipinski definition) is 3. The predicted molar refractivity (Wildman–Crippen MR) is 71.5 cm³/mol. The van der Waals surface area contributed by atoms with Crippen molar-refractivity contribution >= 4 is 11.0 Å².